The summed E-state index contributed by atoms with van der Waals surface area (Å²) in [5.41, 5.74) is 0.947. The number of aromatic nitrogens is 2. The number of hydrogen-bond acceptors (Lipinski definition) is 4. The molecule has 90 valence electrons. The summed E-state index contributed by atoms with van der Waals surface area (Å²) in [6, 6.07) is 5.77. The van der Waals surface area contributed by atoms with Gasteiger partial charge in [-0.3, -0.25) is 0 Å². The molecule has 18 heavy (non-hydrogen) atoms. The lowest BCUT2D eigenvalue weighted by molar-refractivity contribution is 0.413. The minimum atomic E-state index is -0.527. The summed E-state index contributed by atoms with van der Waals surface area (Å²) < 4.78 is 18.4. The van der Waals surface area contributed by atoms with Crippen LogP contribution in [0.15, 0.2) is 24.5 Å². The molecule has 6 heteroatoms. The van der Waals surface area contributed by atoms with E-state index in [2.05, 4.69) is 9.97 Å². The van der Waals surface area contributed by atoms with Crippen molar-refractivity contribution >= 4 is 11.6 Å². The summed E-state index contributed by atoms with van der Waals surface area (Å²) in [5.74, 6) is -0.283. The van der Waals surface area contributed by atoms with Gasteiger partial charge in [-0.25, -0.2) is 14.4 Å². The number of hydrogen-bond donors (Lipinski definition) is 0. The van der Waals surface area contributed by atoms with Crippen molar-refractivity contribution in [2.75, 3.05) is 7.11 Å². The number of rotatable bonds is 2. The van der Waals surface area contributed by atoms with E-state index in [0.29, 0.717) is 11.3 Å². The third-order valence-electron chi connectivity index (χ3n) is 2.26. The Labute approximate surface area is 108 Å². The van der Waals surface area contributed by atoms with Crippen molar-refractivity contribution in [3.63, 3.8) is 0 Å². The fourth-order valence-corrected chi connectivity index (χ4v) is 1.74. The van der Waals surface area contributed by atoms with E-state index >= 15 is 0 Å². The molecule has 0 amide bonds. The van der Waals surface area contributed by atoms with E-state index in [4.69, 9.17) is 21.6 Å². The Kier molecular flexibility index (Phi) is 3.40. The maximum Gasteiger partial charge on any atom is 0.182 e. The van der Waals surface area contributed by atoms with Crippen molar-refractivity contribution in [2.45, 2.75) is 0 Å². The number of ether oxygens (including phenoxy) is 1. The monoisotopic (exact) mass is 263 g/mol. The number of nitriles is 1. The van der Waals surface area contributed by atoms with Crippen molar-refractivity contribution in [3.8, 4) is 23.1 Å². The summed E-state index contributed by atoms with van der Waals surface area (Å²) >= 11 is 5.86. The third kappa shape index (κ3) is 2.24. The van der Waals surface area contributed by atoms with E-state index in [1.165, 1.54) is 25.6 Å². The molecule has 1 aromatic carbocycles. The van der Waals surface area contributed by atoms with Crippen molar-refractivity contribution in [1.29, 1.82) is 5.26 Å². The average Bonchev–Trinajstić information content (AvgIpc) is 2.37. The first-order valence-electron chi connectivity index (χ1n) is 4.91. The first-order valence-corrected chi connectivity index (χ1v) is 5.29. The molecule has 2 aromatic rings. The highest BCUT2D eigenvalue weighted by molar-refractivity contribution is 6.31. The molecule has 0 unspecified atom stereocenters. The second kappa shape index (κ2) is 4.98. The van der Waals surface area contributed by atoms with E-state index in [0.717, 1.165) is 6.07 Å². The number of halogens is 2. The van der Waals surface area contributed by atoms with E-state index in [1.54, 1.807) is 0 Å². The molecule has 1 aromatic heterocycles. The molecule has 1 heterocycles. The Bertz CT molecular complexity index is 640. The zero-order valence-corrected chi connectivity index (χ0v) is 10.1. The van der Waals surface area contributed by atoms with E-state index < -0.39 is 5.82 Å². The first-order chi connectivity index (χ1) is 8.65. The van der Waals surface area contributed by atoms with Gasteiger partial charge in [-0.1, -0.05) is 11.6 Å². The number of methoxy groups -OCH3 is 1. The fraction of sp³-hybridized carbons (Fsp3) is 0.0833. The average molecular weight is 264 g/mol. The zero-order valence-electron chi connectivity index (χ0n) is 9.32. The predicted molar refractivity (Wildman–Crippen MR) is 63.7 cm³/mol. The van der Waals surface area contributed by atoms with E-state index in [9.17, 15) is 4.39 Å². The van der Waals surface area contributed by atoms with Crippen LogP contribution in [0.25, 0.3) is 11.3 Å². The molecule has 0 atom stereocenters. The van der Waals surface area contributed by atoms with Gasteiger partial charge in [-0.15, -0.1) is 0 Å². The van der Waals surface area contributed by atoms with Crippen LogP contribution in [0.1, 0.15) is 5.56 Å². The summed E-state index contributed by atoms with van der Waals surface area (Å²) in [4.78, 5) is 7.77. The molecule has 0 saturated heterocycles. The van der Waals surface area contributed by atoms with Gasteiger partial charge in [0.1, 0.15) is 17.8 Å². The Hall–Kier alpha value is -2.19. The lowest BCUT2D eigenvalue weighted by Gasteiger charge is -2.08. The van der Waals surface area contributed by atoms with Crippen LogP contribution in [0, 0.1) is 17.1 Å². The SMILES string of the molecule is COc1c(Cl)ncnc1-c1cc(F)cc(C#N)c1. The predicted octanol–water partition coefficient (Wildman–Crippen LogP) is 2.82. The molecule has 0 N–H and O–H groups in total. The van der Waals surface area contributed by atoms with Crippen LogP contribution in [-0.4, -0.2) is 17.1 Å². The highest BCUT2D eigenvalue weighted by Gasteiger charge is 2.13. The quantitative estimate of drug-likeness (QED) is 0.782. The van der Waals surface area contributed by atoms with Crippen LogP contribution in [-0.2, 0) is 0 Å². The molecule has 0 radical (unpaired) electrons. The molecule has 0 bridgehead atoms. The summed E-state index contributed by atoms with van der Waals surface area (Å²) in [5, 5.41) is 8.94. The molecular weight excluding hydrogens is 257 g/mol. The van der Waals surface area contributed by atoms with Crippen molar-refractivity contribution in [1.82, 2.24) is 9.97 Å². The Morgan fingerprint density at radius 1 is 1.33 bits per heavy atom. The summed E-state index contributed by atoms with van der Waals surface area (Å²) in [6.45, 7) is 0. The maximum absolute atomic E-state index is 13.4. The lowest BCUT2D eigenvalue weighted by Crippen LogP contribution is -1.95. The Balaban J connectivity index is 2.66. The van der Waals surface area contributed by atoms with E-state index in [1.807, 2.05) is 6.07 Å². The number of nitrogens with zero attached hydrogens (tertiary/aromatic N) is 3. The van der Waals surface area contributed by atoms with Gasteiger partial charge in [0.15, 0.2) is 10.9 Å². The van der Waals surface area contributed by atoms with Gasteiger partial charge in [-0.05, 0) is 18.2 Å². The lowest BCUT2D eigenvalue weighted by atomic mass is 10.1. The van der Waals surface area contributed by atoms with Gasteiger partial charge in [0.25, 0.3) is 0 Å². The third-order valence-corrected chi connectivity index (χ3v) is 2.53. The first kappa shape index (κ1) is 12.3. The summed E-state index contributed by atoms with van der Waals surface area (Å²) in [6.07, 6.45) is 1.25. The molecule has 0 aliphatic rings. The molecule has 0 fully saturated rings. The van der Waals surface area contributed by atoms with Crippen LogP contribution in [0.4, 0.5) is 4.39 Å². The second-order valence-electron chi connectivity index (χ2n) is 3.39. The number of benzene rings is 1. The molecule has 0 spiro atoms. The normalized spacial score (nSPS) is 9.89. The van der Waals surface area contributed by atoms with Crippen LogP contribution < -0.4 is 4.74 Å². The van der Waals surface area contributed by atoms with Crippen LogP contribution in [0.2, 0.25) is 5.15 Å². The van der Waals surface area contributed by atoms with E-state index in [-0.39, 0.29) is 16.5 Å². The van der Waals surface area contributed by atoms with Gasteiger partial charge in [-0.2, -0.15) is 5.26 Å². The zero-order chi connectivity index (χ0) is 13.1. The highest BCUT2D eigenvalue weighted by Crippen LogP contribution is 2.33. The van der Waals surface area contributed by atoms with Crippen molar-refractivity contribution in [2.24, 2.45) is 0 Å². The Morgan fingerprint density at radius 3 is 2.78 bits per heavy atom. The molecule has 0 saturated carbocycles. The molecule has 0 aliphatic carbocycles. The topological polar surface area (TPSA) is 58.8 Å². The molecular formula is C12H7ClFN3O. The summed E-state index contributed by atoms with van der Waals surface area (Å²) in [7, 11) is 1.42. The van der Waals surface area contributed by atoms with Crippen LogP contribution in [0.3, 0.4) is 0 Å². The van der Waals surface area contributed by atoms with Gasteiger partial charge >= 0.3 is 0 Å². The molecule has 2 rings (SSSR count). The van der Waals surface area contributed by atoms with Gasteiger partial charge in [0.2, 0.25) is 0 Å². The van der Waals surface area contributed by atoms with Gasteiger partial charge < -0.3 is 4.74 Å². The van der Waals surface area contributed by atoms with Gasteiger partial charge in [0, 0.05) is 5.56 Å². The molecule has 0 aliphatic heterocycles. The maximum atomic E-state index is 13.4. The minimum absolute atomic E-state index is 0.130. The second-order valence-corrected chi connectivity index (χ2v) is 3.74. The van der Waals surface area contributed by atoms with Crippen molar-refractivity contribution < 1.29 is 9.13 Å². The largest absolute Gasteiger partial charge is 0.491 e. The van der Waals surface area contributed by atoms with Crippen LogP contribution in [0.5, 0.6) is 5.75 Å². The standard InChI is InChI=1S/C12H7ClFN3O/c1-18-11-10(16-6-17-12(11)13)8-2-7(5-15)3-9(14)4-8/h2-4,6H,1H3. The van der Waals surface area contributed by atoms with Gasteiger partial charge in [0.05, 0.1) is 18.7 Å². The molecule has 4 nitrogen and oxygen atoms in total. The van der Waals surface area contributed by atoms with Crippen molar-refractivity contribution in [3.05, 3.63) is 41.1 Å². The Morgan fingerprint density at radius 2 is 2.11 bits per heavy atom. The van der Waals surface area contributed by atoms with Crippen LogP contribution >= 0.6 is 11.6 Å². The smallest absolute Gasteiger partial charge is 0.182 e. The minimum Gasteiger partial charge on any atom is -0.491 e. The fourth-order valence-electron chi connectivity index (χ4n) is 1.53. The highest BCUT2D eigenvalue weighted by atomic mass is 35.5.